The molecule has 2 N–H and O–H groups in total. The number of nitrogens with zero attached hydrogens (tertiary/aromatic N) is 1. The Balaban J connectivity index is 1.80. The molecule has 100 valence electrons. The van der Waals surface area contributed by atoms with Crippen LogP contribution < -0.4 is 4.74 Å². The maximum Gasteiger partial charge on any atom is 0.371 e. The molecule has 1 aromatic heterocycles. The summed E-state index contributed by atoms with van der Waals surface area (Å²) in [6, 6.07) is 15.1. The Labute approximate surface area is 114 Å². The van der Waals surface area contributed by atoms with Gasteiger partial charge in [-0.25, -0.2) is 9.78 Å². The fraction of sp³-hybridized carbons (Fsp3) is 0.0667. The third kappa shape index (κ3) is 2.47. The zero-order chi connectivity index (χ0) is 13.9. The van der Waals surface area contributed by atoms with Crippen LogP contribution in [0.1, 0.15) is 16.2 Å². The first-order valence-corrected chi connectivity index (χ1v) is 6.12. The second kappa shape index (κ2) is 5.05. The number of aromatic nitrogens is 2. The van der Waals surface area contributed by atoms with Gasteiger partial charge in [0.25, 0.3) is 0 Å². The van der Waals surface area contributed by atoms with Crippen LogP contribution in [0.3, 0.4) is 0 Å². The van der Waals surface area contributed by atoms with Crippen molar-refractivity contribution in [1.82, 2.24) is 9.97 Å². The number of ether oxygens (including phenoxy) is 1. The van der Waals surface area contributed by atoms with E-state index >= 15 is 0 Å². The Kier molecular flexibility index (Phi) is 3.09. The van der Waals surface area contributed by atoms with Crippen molar-refractivity contribution in [2.75, 3.05) is 0 Å². The minimum atomic E-state index is -1.08. The average molecular weight is 268 g/mol. The number of carboxylic acids is 1. The number of imidazole rings is 1. The van der Waals surface area contributed by atoms with E-state index in [9.17, 15) is 4.79 Å². The summed E-state index contributed by atoms with van der Waals surface area (Å²) in [4.78, 5) is 17.6. The lowest BCUT2D eigenvalue weighted by molar-refractivity contribution is 0.0685. The molecule has 0 aliphatic rings. The van der Waals surface area contributed by atoms with Crippen LogP contribution in [0.2, 0.25) is 0 Å². The topological polar surface area (TPSA) is 75.2 Å². The highest BCUT2D eigenvalue weighted by Gasteiger charge is 2.09. The van der Waals surface area contributed by atoms with E-state index < -0.39 is 5.97 Å². The van der Waals surface area contributed by atoms with Gasteiger partial charge in [-0.05, 0) is 17.7 Å². The fourth-order valence-electron chi connectivity index (χ4n) is 1.92. The summed E-state index contributed by atoms with van der Waals surface area (Å²) in [7, 11) is 0. The first-order valence-electron chi connectivity index (χ1n) is 6.12. The number of fused-ring (bicyclic) bond motifs is 1. The molecule has 3 aromatic rings. The molecule has 0 saturated heterocycles. The number of aromatic amines is 1. The maximum absolute atomic E-state index is 10.8. The van der Waals surface area contributed by atoms with E-state index in [-0.39, 0.29) is 5.82 Å². The quantitative estimate of drug-likeness (QED) is 0.763. The van der Waals surface area contributed by atoms with Gasteiger partial charge in [0.05, 0.1) is 11.0 Å². The Morgan fingerprint density at radius 1 is 1.20 bits per heavy atom. The normalized spacial score (nSPS) is 10.6. The van der Waals surface area contributed by atoms with Crippen molar-refractivity contribution in [3.63, 3.8) is 0 Å². The van der Waals surface area contributed by atoms with Gasteiger partial charge < -0.3 is 14.8 Å². The number of hydrogen-bond acceptors (Lipinski definition) is 3. The molecule has 0 bridgehead atoms. The van der Waals surface area contributed by atoms with Crippen LogP contribution in [0.4, 0.5) is 0 Å². The molecule has 0 aliphatic carbocycles. The fourth-order valence-corrected chi connectivity index (χ4v) is 1.92. The first kappa shape index (κ1) is 12.2. The van der Waals surface area contributed by atoms with Crippen molar-refractivity contribution in [1.29, 1.82) is 0 Å². The molecule has 0 unspecified atom stereocenters. The molecule has 3 rings (SSSR count). The van der Waals surface area contributed by atoms with Crippen molar-refractivity contribution in [2.45, 2.75) is 6.61 Å². The lowest BCUT2D eigenvalue weighted by Crippen LogP contribution is -1.97. The Hall–Kier alpha value is -2.82. The van der Waals surface area contributed by atoms with Crippen LogP contribution in [0.25, 0.3) is 11.0 Å². The number of benzene rings is 2. The third-order valence-corrected chi connectivity index (χ3v) is 2.91. The molecular weight excluding hydrogens is 256 g/mol. The van der Waals surface area contributed by atoms with Gasteiger partial charge in [0, 0.05) is 6.07 Å². The molecule has 5 nitrogen and oxygen atoms in total. The van der Waals surface area contributed by atoms with E-state index in [1.807, 2.05) is 30.3 Å². The predicted octanol–water partition coefficient (Wildman–Crippen LogP) is 2.84. The highest BCUT2D eigenvalue weighted by atomic mass is 16.5. The van der Waals surface area contributed by atoms with Crippen LogP contribution in [-0.4, -0.2) is 21.0 Å². The maximum atomic E-state index is 10.8. The average Bonchev–Trinajstić information content (AvgIpc) is 2.89. The van der Waals surface area contributed by atoms with Gasteiger partial charge in [-0.2, -0.15) is 0 Å². The second-order valence-electron chi connectivity index (χ2n) is 4.34. The van der Waals surface area contributed by atoms with E-state index in [1.165, 1.54) is 0 Å². The molecule has 0 spiro atoms. The van der Waals surface area contributed by atoms with Crippen LogP contribution >= 0.6 is 0 Å². The minimum absolute atomic E-state index is 0.0693. The van der Waals surface area contributed by atoms with Crippen LogP contribution in [0, 0.1) is 0 Å². The molecule has 0 aliphatic heterocycles. The predicted molar refractivity (Wildman–Crippen MR) is 73.8 cm³/mol. The zero-order valence-corrected chi connectivity index (χ0v) is 10.5. The van der Waals surface area contributed by atoms with Crippen molar-refractivity contribution >= 4 is 17.0 Å². The molecule has 0 atom stereocenters. The Morgan fingerprint density at radius 2 is 2.00 bits per heavy atom. The molecule has 0 amide bonds. The summed E-state index contributed by atoms with van der Waals surface area (Å²) in [5, 5.41) is 8.88. The number of carboxylic acid groups (broad SMARTS) is 1. The van der Waals surface area contributed by atoms with Crippen LogP contribution in [0.15, 0.2) is 48.5 Å². The molecule has 0 radical (unpaired) electrons. The summed E-state index contributed by atoms with van der Waals surface area (Å²) >= 11 is 0. The summed E-state index contributed by atoms with van der Waals surface area (Å²) in [5.74, 6) is -0.488. The number of aromatic carboxylic acids is 1. The number of carbonyl (C=O) groups is 1. The molecule has 5 heteroatoms. The lowest BCUT2D eigenvalue weighted by atomic mass is 10.2. The van der Waals surface area contributed by atoms with Crippen molar-refractivity contribution in [2.24, 2.45) is 0 Å². The van der Waals surface area contributed by atoms with Crippen molar-refractivity contribution in [3.05, 3.63) is 59.9 Å². The van der Waals surface area contributed by atoms with E-state index in [1.54, 1.807) is 18.2 Å². The number of rotatable bonds is 4. The monoisotopic (exact) mass is 268 g/mol. The SMILES string of the molecule is O=C(O)c1nc2cc(OCc3ccccc3)ccc2[nH]1. The number of H-pyrrole nitrogens is 1. The van der Waals surface area contributed by atoms with Gasteiger partial charge in [-0.3, -0.25) is 0 Å². The van der Waals surface area contributed by atoms with E-state index in [0.717, 1.165) is 5.56 Å². The van der Waals surface area contributed by atoms with Gasteiger partial charge in [0.15, 0.2) is 0 Å². The van der Waals surface area contributed by atoms with Gasteiger partial charge in [-0.1, -0.05) is 30.3 Å². The molecule has 2 aromatic carbocycles. The molecule has 1 heterocycles. The van der Waals surface area contributed by atoms with E-state index in [2.05, 4.69) is 9.97 Å². The molecule has 0 saturated carbocycles. The largest absolute Gasteiger partial charge is 0.489 e. The summed E-state index contributed by atoms with van der Waals surface area (Å²) in [6.45, 7) is 0.461. The molecule has 20 heavy (non-hydrogen) atoms. The zero-order valence-electron chi connectivity index (χ0n) is 10.5. The lowest BCUT2D eigenvalue weighted by Gasteiger charge is -2.05. The first-order chi connectivity index (χ1) is 9.72. The van der Waals surface area contributed by atoms with Crippen molar-refractivity contribution < 1.29 is 14.6 Å². The van der Waals surface area contributed by atoms with Gasteiger partial charge in [0.1, 0.15) is 12.4 Å². The third-order valence-electron chi connectivity index (χ3n) is 2.91. The standard InChI is InChI=1S/C15H12N2O3/c18-15(19)14-16-12-7-6-11(8-13(12)17-14)20-9-10-4-2-1-3-5-10/h1-8H,9H2,(H,16,17)(H,18,19). The Morgan fingerprint density at radius 3 is 2.75 bits per heavy atom. The molecular formula is C15H12N2O3. The second-order valence-corrected chi connectivity index (χ2v) is 4.34. The highest BCUT2D eigenvalue weighted by molar-refractivity contribution is 5.89. The summed E-state index contributed by atoms with van der Waals surface area (Å²) in [5.41, 5.74) is 2.32. The Bertz CT molecular complexity index is 750. The van der Waals surface area contributed by atoms with Crippen molar-refractivity contribution in [3.8, 4) is 5.75 Å². The summed E-state index contributed by atoms with van der Waals surface area (Å²) in [6.07, 6.45) is 0. The number of hydrogen-bond donors (Lipinski definition) is 2. The highest BCUT2D eigenvalue weighted by Crippen LogP contribution is 2.20. The molecule has 0 fully saturated rings. The van der Waals surface area contributed by atoms with Gasteiger partial charge in [0.2, 0.25) is 5.82 Å². The minimum Gasteiger partial charge on any atom is -0.489 e. The van der Waals surface area contributed by atoms with Gasteiger partial charge in [-0.15, -0.1) is 0 Å². The van der Waals surface area contributed by atoms with Gasteiger partial charge >= 0.3 is 5.97 Å². The van der Waals surface area contributed by atoms with Crippen LogP contribution in [-0.2, 0) is 6.61 Å². The van der Waals surface area contributed by atoms with E-state index in [4.69, 9.17) is 9.84 Å². The number of nitrogens with one attached hydrogen (secondary N) is 1. The van der Waals surface area contributed by atoms with E-state index in [0.29, 0.717) is 23.4 Å². The van der Waals surface area contributed by atoms with Crippen LogP contribution in [0.5, 0.6) is 5.75 Å². The summed E-state index contributed by atoms with van der Waals surface area (Å²) < 4.78 is 5.67. The smallest absolute Gasteiger partial charge is 0.371 e.